The van der Waals surface area contributed by atoms with Crippen LogP contribution in [-0.4, -0.2) is 28.7 Å². The Kier molecular flexibility index (Phi) is 3.12. The number of amides is 1. The predicted octanol–water partition coefficient (Wildman–Crippen LogP) is 1.56. The largest absolute Gasteiger partial charge is 0.338 e. The first-order chi connectivity index (χ1) is 5.22. The zero-order chi connectivity index (χ0) is 8.27. The van der Waals surface area contributed by atoms with Gasteiger partial charge in [-0.3, -0.25) is 4.79 Å². The van der Waals surface area contributed by atoms with Crippen LogP contribution in [-0.2, 0) is 4.79 Å². The monoisotopic (exact) mass is 217 g/mol. The summed E-state index contributed by atoms with van der Waals surface area (Å²) in [6.07, 6.45) is 5.14. The van der Waals surface area contributed by atoms with Gasteiger partial charge in [0.2, 0.25) is 5.91 Å². The van der Waals surface area contributed by atoms with Crippen LogP contribution in [0.4, 0.5) is 0 Å². The summed E-state index contributed by atoms with van der Waals surface area (Å²) in [5, 5.41) is 0. The minimum Gasteiger partial charge on any atom is -0.338 e. The maximum atomic E-state index is 11.3. The smallest absolute Gasteiger partial charge is 0.236 e. The molecule has 0 saturated carbocycles. The molecule has 1 aliphatic rings. The van der Waals surface area contributed by atoms with E-state index in [4.69, 9.17) is 0 Å². The molecule has 0 aromatic carbocycles. The lowest BCUT2D eigenvalue weighted by Crippen LogP contribution is -2.37. The van der Waals surface area contributed by atoms with Gasteiger partial charge in [-0.1, -0.05) is 28.1 Å². The zero-order valence-corrected chi connectivity index (χ0v) is 8.17. The lowest BCUT2D eigenvalue weighted by molar-refractivity contribution is -0.129. The molecule has 0 radical (unpaired) electrons. The van der Waals surface area contributed by atoms with Crippen LogP contribution >= 0.6 is 15.9 Å². The molecule has 0 aromatic heterocycles. The Morgan fingerprint density at radius 3 is 2.82 bits per heavy atom. The molecule has 0 aromatic rings. The van der Waals surface area contributed by atoms with Crippen molar-refractivity contribution in [2.45, 2.75) is 18.2 Å². The van der Waals surface area contributed by atoms with Crippen LogP contribution in [0.25, 0.3) is 0 Å². The van der Waals surface area contributed by atoms with Crippen molar-refractivity contribution in [1.29, 1.82) is 0 Å². The predicted molar refractivity (Wildman–Crippen MR) is 48.7 cm³/mol. The minimum absolute atomic E-state index is 0.0472. The number of carbonyl (C=O) groups excluding carboxylic acids is 1. The van der Waals surface area contributed by atoms with E-state index in [9.17, 15) is 4.79 Å². The number of hydrogen-bond donors (Lipinski definition) is 0. The van der Waals surface area contributed by atoms with Crippen LogP contribution in [0.3, 0.4) is 0 Å². The highest BCUT2D eigenvalue weighted by molar-refractivity contribution is 9.10. The first-order valence-electron chi connectivity index (χ1n) is 3.79. The highest BCUT2D eigenvalue weighted by Gasteiger charge is 2.17. The number of carbonyl (C=O) groups is 1. The van der Waals surface area contributed by atoms with Gasteiger partial charge in [0.05, 0.1) is 4.83 Å². The molecule has 0 fully saturated rings. The molecule has 62 valence electrons. The Balaban J connectivity index is 2.47. The number of nitrogens with zero attached hydrogens (tertiary/aromatic N) is 1. The number of alkyl halides is 1. The molecule has 0 N–H and O–H groups in total. The molecular formula is C8H12BrNO. The summed E-state index contributed by atoms with van der Waals surface area (Å²) in [5.74, 6) is 0.189. The normalized spacial score (nSPS) is 20.0. The highest BCUT2D eigenvalue weighted by atomic mass is 79.9. The van der Waals surface area contributed by atoms with E-state index in [2.05, 4.69) is 22.0 Å². The van der Waals surface area contributed by atoms with Crippen LogP contribution in [0.15, 0.2) is 12.2 Å². The fourth-order valence-electron chi connectivity index (χ4n) is 1.09. The molecule has 0 aliphatic carbocycles. The SMILES string of the molecule is CC(Br)C(=O)N1CC=CCC1. The fraction of sp³-hybridized carbons (Fsp3) is 0.625. The third-order valence-corrected chi connectivity index (χ3v) is 2.10. The number of halogens is 1. The molecule has 1 aliphatic heterocycles. The molecule has 0 bridgehead atoms. The van der Waals surface area contributed by atoms with Gasteiger partial charge in [0.1, 0.15) is 0 Å². The summed E-state index contributed by atoms with van der Waals surface area (Å²) < 4.78 is 0. The molecular weight excluding hydrogens is 206 g/mol. The molecule has 1 heterocycles. The summed E-state index contributed by atoms with van der Waals surface area (Å²) in [4.78, 5) is 13.2. The average Bonchev–Trinajstić information content (AvgIpc) is 2.05. The summed E-state index contributed by atoms with van der Waals surface area (Å²) in [7, 11) is 0. The van der Waals surface area contributed by atoms with E-state index < -0.39 is 0 Å². The molecule has 0 spiro atoms. The van der Waals surface area contributed by atoms with Crippen LogP contribution in [0.1, 0.15) is 13.3 Å². The lowest BCUT2D eigenvalue weighted by atomic mass is 10.2. The van der Waals surface area contributed by atoms with Crippen LogP contribution in [0.5, 0.6) is 0 Å². The van der Waals surface area contributed by atoms with E-state index in [1.54, 1.807) is 0 Å². The molecule has 3 heteroatoms. The molecule has 2 nitrogen and oxygen atoms in total. The molecule has 0 saturated heterocycles. The standard InChI is InChI=1S/C8H12BrNO/c1-7(9)8(11)10-5-3-2-4-6-10/h2-3,7H,4-6H2,1H3. The van der Waals surface area contributed by atoms with E-state index in [1.165, 1.54) is 0 Å². The zero-order valence-electron chi connectivity index (χ0n) is 6.59. The summed E-state index contributed by atoms with van der Waals surface area (Å²) in [5.41, 5.74) is 0. The average molecular weight is 218 g/mol. The van der Waals surface area contributed by atoms with Crippen molar-refractivity contribution in [3.63, 3.8) is 0 Å². The molecule has 1 unspecified atom stereocenters. The Morgan fingerprint density at radius 2 is 2.36 bits per heavy atom. The van der Waals surface area contributed by atoms with Crippen LogP contribution in [0.2, 0.25) is 0 Å². The minimum atomic E-state index is -0.0472. The van der Waals surface area contributed by atoms with Gasteiger partial charge < -0.3 is 4.90 Å². The Hall–Kier alpha value is -0.310. The molecule has 11 heavy (non-hydrogen) atoms. The Labute approximate surface area is 75.4 Å². The maximum absolute atomic E-state index is 11.3. The number of hydrogen-bond acceptors (Lipinski definition) is 1. The van der Waals surface area contributed by atoms with Gasteiger partial charge >= 0.3 is 0 Å². The third-order valence-electron chi connectivity index (χ3n) is 1.71. The van der Waals surface area contributed by atoms with E-state index >= 15 is 0 Å². The third kappa shape index (κ3) is 2.33. The lowest BCUT2D eigenvalue weighted by Gasteiger charge is -2.24. The van der Waals surface area contributed by atoms with Gasteiger partial charge in [0, 0.05) is 13.1 Å². The van der Waals surface area contributed by atoms with Crippen molar-refractivity contribution in [1.82, 2.24) is 4.90 Å². The van der Waals surface area contributed by atoms with Crippen molar-refractivity contribution in [3.8, 4) is 0 Å². The van der Waals surface area contributed by atoms with Crippen molar-refractivity contribution in [3.05, 3.63) is 12.2 Å². The van der Waals surface area contributed by atoms with Crippen molar-refractivity contribution >= 4 is 21.8 Å². The van der Waals surface area contributed by atoms with Crippen molar-refractivity contribution in [2.24, 2.45) is 0 Å². The van der Waals surface area contributed by atoms with Gasteiger partial charge in [-0.25, -0.2) is 0 Å². The second-order valence-corrected chi connectivity index (χ2v) is 4.03. The summed E-state index contributed by atoms with van der Waals surface area (Å²) in [6.45, 7) is 3.50. The molecule has 1 rings (SSSR count). The first-order valence-corrected chi connectivity index (χ1v) is 4.71. The van der Waals surface area contributed by atoms with Crippen LogP contribution in [0, 0.1) is 0 Å². The molecule has 1 atom stereocenters. The van der Waals surface area contributed by atoms with Crippen molar-refractivity contribution in [2.75, 3.05) is 13.1 Å². The topological polar surface area (TPSA) is 20.3 Å². The van der Waals surface area contributed by atoms with E-state index in [0.717, 1.165) is 19.5 Å². The second kappa shape index (κ2) is 3.90. The Bertz CT molecular complexity index is 177. The summed E-state index contributed by atoms with van der Waals surface area (Å²) in [6, 6.07) is 0. The molecule has 1 amide bonds. The number of rotatable bonds is 1. The second-order valence-electron chi connectivity index (χ2n) is 2.66. The van der Waals surface area contributed by atoms with E-state index in [-0.39, 0.29) is 10.7 Å². The van der Waals surface area contributed by atoms with E-state index in [0.29, 0.717) is 0 Å². The van der Waals surface area contributed by atoms with Gasteiger partial charge in [-0.15, -0.1) is 0 Å². The first kappa shape index (κ1) is 8.78. The van der Waals surface area contributed by atoms with Crippen LogP contribution < -0.4 is 0 Å². The van der Waals surface area contributed by atoms with Gasteiger partial charge in [0.25, 0.3) is 0 Å². The van der Waals surface area contributed by atoms with Gasteiger partial charge in [-0.2, -0.15) is 0 Å². The van der Waals surface area contributed by atoms with E-state index in [1.807, 2.05) is 17.9 Å². The van der Waals surface area contributed by atoms with Crippen molar-refractivity contribution < 1.29 is 4.79 Å². The highest BCUT2D eigenvalue weighted by Crippen LogP contribution is 2.07. The fourth-order valence-corrected chi connectivity index (χ4v) is 1.38. The van der Waals surface area contributed by atoms with Gasteiger partial charge in [0.15, 0.2) is 0 Å². The Morgan fingerprint density at radius 1 is 1.64 bits per heavy atom. The van der Waals surface area contributed by atoms with Gasteiger partial charge in [-0.05, 0) is 13.3 Å². The summed E-state index contributed by atoms with van der Waals surface area (Å²) >= 11 is 3.26. The maximum Gasteiger partial charge on any atom is 0.236 e. The quantitative estimate of drug-likeness (QED) is 0.483.